The van der Waals surface area contributed by atoms with Gasteiger partial charge in [-0.15, -0.1) is 0 Å². The third-order valence-electron chi connectivity index (χ3n) is 3.25. The summed E-state index contributed by atoms with van der Waals surface area (Å²) in [5.74, 6) is 0.784. The van der Waals surface area contributed by atoms with E-state index in [0.717, 1.165) is 19.4 Å². The Morgan fingerprint density at radius 3 is 2.88 bits per heavy atom. The number of carbonyl (C=O) groups is 1. The Kier molecular flexibility index (Phi) is 3.38. The third-order valence-corrected chi connectivity index (χ3v) is 3.86. The number of hydrogen-bond donors (Lipinski definition) is 0. The Morgan fingerprint density at radius 2 is 2.31 bits per heavy atom. The van der Waals surface area contributed by atoms with E-state index in [1.165, 1.54) is 6.26 Å². The maximum atomic E-state index is 12.2. The monoisotopic (exact) mass is 285 g/mol. The molecule has 1 fully saturated rings. The highest BCUT2D eigenvalue weighted by atomic mass is 79.9. The summed E-state index contributed by atoms with van der Waals surface area (Å²) in [7, 11) is 0. The minimum atomic E-state index is 0.0695. The molecule has 1 aromatic heterocycles. The summed E-state index contributed by atoms with van der Waals surface area (Å²) in [5, 5.41) is 0. The van der Waals surface area contributed by atoms with Gasteiger partial charge in [0.1, 0.15) is 0 Å². The van der Waals surface area contributed by atoms with Crippen molar-refractivity contribution >= 4 is 21.8 Å². The first-order valence-corrected chi connectivity index (χ1v) is 6.43. The van der Waals surface area contributed by atoms with E-state index in [1.54, 1.807) is 6.07 Å². The van der Waals surface area contributed by atoms with Crippen LogP contribution in [0.15, 0.2) is 21.4 Å². The predicted octanol–water partition coefficient (Wildman–Crippen LogP) is 3.30. The molecule has 0 radical (unpaired) electrons. The van der Waals surface area contributed by atoms with Crippen LogP contribution in [0.25, 0.3) is 0 Å². The molecule has 0 aromatic carbocycles. The smallest absolute Gasteiger partial charge is 0.258 e. The lowest BCUT2D eigenvalue weighted by molar-refractivity contribution is 0.0586. The topological polar surface area (TPSA) is 33.5 Å². The van der Waals surface area contributed by atoms with Crippen LogP contribution in [0.3, 0.4) is 0 Å². The lowest BCUT2D eigenvalue weighted by Crippen LogP contribution is -2.44. The van der Waals surface area contributed by atoms with Crippen molar-refractivity contribution in [1.82, 2.24) is 4.90 Å². The summed E-state index contributed by atoms with van der Waals surface area (Å²) in [6.07, 6.45) is 3.71. The van der Waals surface area contributed by atoms with E-state index in [0.29, 0.717) is 22.2 Å². The van der Waals surface area contributed by atoms with Crippen LogP contribution in [0, 0.1) is 5.92 Å². The number of nitrogens with zero attached hydrogens (tertiary/aromatic N) is 1. The highest BCUT2D eigenvalue weighted by Crippen LogP contribution is 2.26. The quantitative estimate of drug-likeness (QED) is 0.793. The number of halogens is 1. The molecule has 88 valence electrons. The third kappa shape index (κ3) is 2.17. The largest absolute Gasteiger partial charge is 0.457 e. The molecule has 0 aliphatic carbocycles. The first-order valence-electron chi connectivity index (χ1n) is 5.63. The summed E-state index contributed by atoms with van der Waals surface area (Å²) >= 11 is 3.25. The van der Waals surface area contributed by atoms with Gasteiger partial charge in [0.15, 0.2) is 4.67 Å². The van der Waals surface area contributed by atoms with E-state index in [-0.39, 0.29) is 5.91 Å². The molecule has 1 aliphatic rings. The lowest BCUT2D eigenvalue weighted by Gasteiger charge is -2.36. The van der Waals surface area contributed by atoms with E-state index in [1.807, 2.05) is 4.90 Å². The number of rotatable bonds is 1. The first-order chi connectivity index (χ1) is 7.59. The van der Waals surface area contributed by atoms with Crippen LogP contribution in [-0.4, -0.2) is 23.4 Å². The molecule has 0 N–H and O–H groups in total. The molecule has 0 spiro atoms. The summed E-state index contributed by atoms with van der Waals surface area (Å²) < 4.78 is 5.63. The number of carbonyl (C=O) groups excluding carboxylic acids is 1. The maximum absolute atomic E-state index is 12.2. The van der Waals surface area contributed by atoms with Crippen LogP contribution in [0.4, 0.5) is 0 Å². The Bertz CT molecular complexity index is 388. The molecule has 1 aromatic rings. The Morgan fingerprint density at radius 1 is 1.56 bits per heavy atom. The second kappa shape index (κ2) is 4.62. The second-order valence-electron chi connectivity index (χ2n) is 4.59. The van der Waals surface area contributed by atoms with Crippen LogP contribution < -0.4 is 0 Å². The van der Waals surface area contributed by atoms with Crippen molar-refractivity contribution in [1.29, 1.82) is 0 Å². The van der Waals surface area contributed by atoms with Crippen LogP contribution in [0.1, 0.15) is 37.0 Å². The zero-order valence-corrected chi connectivity index (χ0v) is 11.2. The minimum Gasteiger partial charge on any atom is -0.457 e. The van der Waals surface area contributed by atoms with Gasteiger partial charge in [0.05, 0.1) is 11.8 Å². The highest BCUT2D eigenvalue weighted by molar-refractivity contribution is 9.10. The van der Waals surface area contributed by atoms with Crippen molar-refractivity contribution in [3.63, 3.8) is 0 Å². The minimum absolute atomic E-state index is 0.0695. The molecule has 0 saturated carbocycles. The fourth-order valence-electron chi connectivity index (χ4n) is 2.31. The molecule has 2 heterocycles. The average molecular weight is 286 g/mol. The zero-order chi connectivity index (χ0) is 11.7. The van der Waals surface area contributed by atoms with Gasteiger partial charge in [0.25, 0.3) is 5.91 Å². The maximum Gasteiger partial charge on any atom is 0.258 e. The van der Waals surface area contributed by atoms with E-state index < -0.39 is 0 Å². The molecule has 2 unspecified atom stereocenters. The van der Waals surface area contributed by atoms with Gasteiger partial charge in [-0.3, -0.25) is 4.79 Å². The summed E-state index contributed by atoms with van der Waals surface area (Å²) in [6, 6.07) is 2.04. The molecule has 4 heteroatoms. The fourth-order valence-corrected chi connectivity index (χ4v) is 2.72. The van der Waals surface area contributed by atoms with Crippen LogP contribution in [0.2, 0.25) is 0 Å². The number of piperidine rings is 1. The molecule has 1 saturated heterocycles. The van der Waals surface area contributed by atoms with Gasteiger partial charge in [-0.05, 0) is 47.7 Å². The van der Waals surface area contributed by atoms with Gasteiger partial charge < -0.3 is 9.32 Å². The number of furan rings is 1. The zero-order valence-electron chi connectivity index (χ0n) is 9.57. The second-order valence-corrected chi connectivity index (χ2v) is 5.31. The molecule has 3 nitrogen and oxygen atoms in total. The van der Waals surface area contributed by atoms with Gasteiger partial charge in [0, 0.05) is 12.6 Å². The van der Waals surface area contributed by atoms with E-state index in [2.05, 4.69) is 29.8 Å². The standard InChI is InChI=1S/C12H16BrNO2/c1-8-3-5-14(9(2)7-8)12(15)10-4-6-16-11(10)13/h4,6,8-9H,3,5,7H2,1-2H3. The molecule has 0 bridgehead atoms. The predicted molar refractivity (Wildman–Crippen MR) is 65.3 cm³/mol. The fraction of sp³-hybridized carbons (Fsp3) is 0.583. The lowest BCUT2D eigenvalue weighted by atomic mass is 9.93. The first kappa shape index (κ1) is 11.7. The molecule has 1 amide bonds. The molecule has 2 atom stereocenters. The molecular weight excluding hydrogens is 270 g/mol. The van der Waals surface area contributed by atoms with Crippen molar-refractivity contribution in [3.8, 4) is 0 Å². The van der Waals surface area contributed by atoms with Gasteiger partial charge in [0.2, 0.25) is 0 Å². The van der Waals surface area contributed by atoms with E-state index in [9.17, 15) is 4.79 Å². The van der Waals surface area contributed by atoms with Crippen molar-refractivity contribution in [2.45, 2.75) is 32.7 Å². The normalized spacial score (nSPS) is 25.8. The summed E-state index contributed by atoms with van der Waals surface area (Å²) in [4.78, 5) is 14.2. The van der Waals surface area contributed by atoms with E-state index in [4.69, 9.17) is 4.42 Å². The highest BCUT2D eigenvalue weighted by Gasteiger charge is 2.29. The summed E-state index contributed by atoms with van der Waals surface area (Å²) in [5.41, 5.74) is 0.626. The SMILES string of the molecule is CC1CCN(C(=O)c2ccoc2Br)C(C)C1. The van der Waals surface area contributed by atoms with Gasteiger partial charge in [-0.25, -0.2) is 0 Å². The van der Waals surface area contributed by atoms with Crippen LogP contribution >= 0.6 is 15.9 Å². The summed E-state index contributed by atoms with van der Waals surface area (Å²) in [6.45, 7) is 5.20. The Balaban J connectivity index is 2.14. The molecule has 2 rings (SSSR count). The van der Waals surface area contributed by atoms with Gasteiger partial charge in [-0.2, -0.15) is 0 Å². The molecular formula is C12H16BrNO2. The Labute approximate surface area is 104 Å². The Hall–Kier alpha value is -0.770. The number of likely N-dealkylation sites (tertiary alicyclic amines) is 1. The van der Waals surface area contributed by atoms with Gasteiger partial charge in [-0.1, -0.05) is 6.92 Å². The van der Waals surface area contributed by atoms with Gasteiger partial charge >= 0.3 is 0 Å². The van der Waals surface area contributed by atoms with Crippen molar-refractivity contribution in [2.24, 2.45) is 5.92 Å². The molecule has 1 aliphatic heterocycles. The van der Waals surface area contributed by atoms with Crippen molar-refractivity contribution in [3.05, 3.63) is 22.6 Å². The van der Waals surface area contributed by atoms with Crippen LogP contribution in [0.5, 0.6) is 0 Å². The van der Waals surface area contributed by atoms with Crippen molar-refractivity contribution < 1.29 is 9.21 Å². The number of hydrogen-bond acceptors (Lipinski definition) is 2. The number of amides is 1. The average Bonchev–Trinajstić information content (AvgIpc) is 2.63. The van der Waals surface area contributed by atoms with Crippen LogP contribution in [-0.2, 0) is 0 Å². The van der Waals surface area contributed by atoms with E-state index >= 15 is 0 Å². The van der Waals surface area contributed by atoms with Crippen molar-refractivity contribution in [2.75, 3.05) is 6.54 Å². The molecule has 16 heavy (non-hydrogen) atoms.